The van der Waals surface area contributed by atoms with Gasteiger partial charge in [0.05, 0.1) is 12.6 Å². The molecule has 0 spiro atoms. The van der Waals surface area contributed by atoms with E-state index in [0.29, 0.717) is 11.6 Å². The Morgan fingerprint density at radius 2 is 2.17 bits per heavy atom. The van der Waals surface area contributed by atoms with Crippen LogP contribution in [0.2, 0.25) is 0 Å². The van der Waals surface area contributed by atoms with Gasteiger partial charge in [-0.2, -0.15) is 0 Å². The number of ether oxygens (including phenoxy) is 1. The lowest BCUT2D eigenvalue weighted by molar-refractivity contribution is 0.0778. The fourth-order valence-electron chi connectivity index (χ4n) is 3.99. The van der Waals surface area contributed by atoms with Gasteiger partial charge in [0.1, 0.15) is 11.4 Å². The van der Waals surface area contributed by atoms with Crippen LogP contribution in [0.15, 0.2) is 54.9 Å². The van der Waals surface area contributed by atoms with Crippen LogP contribution in [0.4, 0.5) is 0 Å². The van der Waals surface area contributed by atoms with E-state index in [2.05, 4.69) is 28.0 Å². The maximum absolute atomic E-state index is 13.0. The van der Waals surface area contributed by atoms with E-state index < -0.39 is 0 Å². The van der Waals surface area contributed by atoms with Crippen LogP contribution in [0.5, 0.6) is 5.75 Å². The zero-order chi connectivity index (χ0) is 20.2. The lowest BCUT2D eigenvalue weighted by Gasteiger charge is -2.21. The van der Waals surface area contributed by atoms with Gasteiger partial charge < -0.3 is 14.5 Å². The highest BCUT2D eigenvalue weighted by Crippen LogP contribution is 2.23. The number of pyridine rings is 2. The Hall–Kier alpha value is -2.99. The van der Waals surface area contributed by atoms with E-state index in [4.69, 9.17) is 4.74 Å². The van der Waals surface area contributed by atoms with Crippen molar-refractivity contribution in [2.24, 2.45) is 5.92 Å². The molecule has 2 aromatic heterocycles. The lowest BCUT2D eigenvalue weighted by atomic mass is 10.1. The molecular formula is C23H26N4O2. The summed E-state index contributed by atoms with van der Waals surface area (Å²) in [5.74, 6) is 1.28. The number of aromatic nitrogens is 2. The van der Waals surface area contributed by atoms with Gasteiger partial charge in [-0.15, -0.1) is 0 Å². The quantitative estimate of drug-likeness (QED) is 0.647. The Morgan fingerprint density at radius 1 is 1.28 bits per heavy atom. The molecule has 1 aromatic carbocycles. The molecule has 150 valence electrons. The van der Waals surface area contributed by atoms with Crippen LogP contribution in [0.25, 0.3) is 10.9 Å². The largest absolute Gasteiger partial charge is 0.497 e. The molecule has 1 fully saturated rings. The summed E-state index contributed by atoms with van der Waals surface area (Å²) in [6.45, 7) is 3.39. The molecule has 0 saturated carbocycles. The van der Waals surface area contributed by atoms with Crippen LogP contribution in [0.3, 0.4) is 0 Å². The molecule has 0 bridgehead atoms. The summed E-state index contributed by atoms with van der Waals surface area (Å²) >= 11 is 0. The molecule has 6 heteroatoms. The minimum Gasteiger partial charge on any atom is -0.497 e. The monoisotopic (exact) mass is 390 g/mol. The zero-order valence-electron chi connectivity index (χ0n) is 16.9. The van der Waals surface area contributed by atoms with Crippen LogP contribution in [0, 0.1) is 5.92 Å². The van der Waals surface area contributed by atoms with Crippen molar-refractivity contribution in [1.82, 2.24) is 19.8 Å². The summed E-state index contributed by atoms with van der Waals surface area (Å²) in [6.07, 6.45) is 4.72. The van der Waals surface area contributed by atoms with Crippen molar-refractivity contribution in [1.29, 1.82) is 0 Å². The molecule has 1 atom stereocenters. The molecule has 0 N–H and O–H groups in total. The summed E-state index contributed by atoms with van der Waals surface area (Å²) in [4.78, 5) is 25.9. The highest BCUT2D eigenvalue weighted by atomic mass is 16.5. The van der Waals surface area contributed by atoms with E-state index in [1.54, 1.807) is 13.3 Å². The fraction of sp³-hybridized carbons (Fsp3) is 0.348. The van der Waals surface area contributed by atoms with Crippen LogP contribution < -0.4 is 4.74 Å². The molecule has 3 aromatic rings. The first-order valence-corrected chi connectivity index (χ1v) is 9.94. The fourth-order valence-corrected chi connectivity index (χ4v) is 3.99. The van der Waals surface area contributed by atoms with Crippen LogP contribution in [-0.4, -0.2) is 59.5 Å². The second-order valence-corrected chi connectivity index (χ2v) is 7.72. The van der Waals surface area contributed by atoms with Gasteiger partial charge in [0.25, 0.3) is 5.91 Å². The van der Waals surface area contributed by atoms with Crippen molar-refractivity contribution < 1.29 is 9.53 Å². The van der Waals surface area contributed by atoms with Gasteiger partial charge in [0, 0.05) is 44.0 Å². The Kier molecular flexibility index (Phi) is 5.71. The molecule has 1 amide bonds. The number of methoxy groups -OCH3 is 1. The van der Waals surface area contributed by atoms with E-state index in [1.807, 2.05) is 47.5 Å². The van der Waals surface area contributed by atoms with Gasteiger partial charge >= 0.3 is 0 Å². The van der Waals surface area contributed by atoms with Crippen molar-refractivity contribution in [2.45, 2.75) is 13.0 Å². The first-order chi connectivity index (χ1) is 14.1. The molecule has 6 nitrogen and oxygen atoms in total. The number of fused-ring (bicyclic) bond motifs is 1. The Bertz CT molecular complexity index is 993. The van der Waals surface area contributed by atoms with Crippen molar-refractivity contribution in [3.8, 4) is 5.75 Å². The topological polar surface area (TPSA) is 58.6 Å². The number of hydrogen-bond donors (Lipinski definition) is 0. The zero-order valence-corrected chi connectivity index (χ0v) is 16.9. The van der Waals surface area contributed by atoms with Crippen molar-refractivity contribution in [2.75, 3.05) is 33.8 Å². The Balaban J connectivity index is 1.37. The number of amides is 1. The predicted octanol–water partition coefficient (Wildman–Crippen LogP) is 3.23. The van der Waals surface area contributed by atoms with E-state index in [9.17, 15) is 4.79 Å². The second-order valence-electron chi connectivity index (χ2n) is 7.72. The molecule has 1 aliphatic rings. The van der Waals surface area contributed by atoms with Gasteiger partial charge in [-0.05, 0) is 55.3 Å². The second kappa shape index (κ2) is 8.57. The SMILES string of the molecule is COc1ccc2nc(C(=O)N3CCC(CN(C)Cc4cccnc4)C3)ccc2c1. The summed E-state index contributed by atoms with van der Waals surface area (Å²) in [6, 6.07) is 13.5. The van der Waals surface area contributed by atoms with Gasteiger partial charge in [-0.1, -0.05) is 12.1 Å². The van der Waals surface area contributed by atoms with Crippen molar-refractivity contribution in [3.05, 3.63) is 66.1 Å². The number of nitrogens with zero attached hydrogens (tertiary/aromatic N) is 4. The van der Waals surface area contributed by atoms with E-state index >= 15 is 0 Å². The summed E-state index contributed by atoms with van der Waals surface area (Å²) in [5.41, 5.74) is 2.52. The summed E-state index contributed by atoms with van der Waals surface area (Å²) < 4.78 is 5.25. The maximum Gasteiger partial charge on any atom is 0.272 e. The first-order valence-electron chi connectivity index (χ1n) is 9.94. The van der Waals surface area contributed by atoms with Gasteiger partial charge in [-0.3, -0.25) is 9.78 Å². The third-order valence-corrected chi connectivity index (χ3v) is 5.43. The third kappa shape index (κ3) is 4.54. The summed E-state index contributed by atoms with van der Waals surface area (Å²) in [7, 11) is 3.76. The average Bonchev–Trinajstić information content (AvgIpc) is 3.21. The molecule has 0 aliphatic carbocycles. The standard InChI is InChI=1S/C23H26N4O2/c1-26(14-17-4-3-10-24-13-17)15-18-9-11-27(16-18)23(28)22-7-5-19-12-20(29-2)6-8-21(19)25-22/h3-8,10,12-13,18H,9,11,14-16H2,1-2H3. The molecule has 3 heterocycles. The smallest absolute Gasteiger partial charge is 0.272 e. The van der Waals surface area contributed by atoms with Gasteiger partial charge in [-0.25, -0.2) is 4.98 Å². The minimum absolute atomic E-state index is 0.0140. The average molecular weight is 390 g/mol. The first kappa shape index (κ1) is 19.3. The molecule has 1 unspecified atom stereocenters. The number of carbonyl (C=O) groups is 1. The number of likely N-dealkylation sites (tertiary alicyclic amines) is 1. The number of hydrogen-bond acceptors (Lipinski definition) is 5. The lowest BCUT2D eigenvalue weighted by Crippen LogP contribution is -2.32. The minimum atomic E-state index is 0.0140. The van der Waals surface area contributed by atoms with Crippen molar-refractivity contribution >= 4 is 16.8 Å². The van der Waals surface area contributed by atoms with Gasteiger partial charge in [0.2, 0.25) is 0 Å². The molecule has 1 saturated heterocycles. The predicted molar refractivity (Wildman–Crippen MR) is 113 cm³/mol. The molecule has 29 heavy (non-hydrogen) atoms. The number of benzene rings is 1. The van der Waals surface area contributed by atoms with E-state index in [1.165, 1.54) is 5.56 Å². The van der Waals surface area contributed by atoms with Crippen LogP contribution in [-0.2, 0) is 6.54 Å². The Labute approximate surface area is 171 Å². The molecular weight excluding hydrogens is 364 g/mol. The normalized spacial score (nSPS) is 16.5. The highest BCUT2D eigenvalue weighted by Gasteiger charge is 2.28. The number of rotatable bonds is 6. The number of carbonyl (C=O) groups excluding carboxylic acids is 1. The highest BCUT2D eigenvalue weighted by molar-refractivity contribution is 5.95. The summed E-state index contributed by atoms with van der Waals surface area (Å²) in [5, 5.41) is 0.970. The molecule has 0 radical (unpaired) electrons. The maximum atomic E-state index is 13.0. The molecule has 1 aliphatic heterocycles. The Morgan fingerprint density at radius 3 is 2.97 bits per heavy atom. The third-order valence-electron chi connectivity index (χ3n) is 5.43. The van der Waals surface area contributed by atoms with E-state index in [-0.39, 0.29) is 5.91 Å². The van der Waals surface area contributed by atoms with Crippen molar-refractivity contribution in [3.63, 3.8) is 0 Å². The van der Waals surface area contributed by atoms with Crippen LogP contribution >= 0.6 is 0 Å². The van der Waals surface area contributed by atoms with Crippen LogP contribution in [0.1, 0.15) is 22.5 Å². The van der Waals surface area contributed by atoms with E-state index in [0.717, 1.165) is 49.3 Å². The molecule has 4 rings (SSSR count). The van der Waals surface area contributed by atoms with Gasteiger partial charge in [0.15, 0.2) is 0 Å².